The second kappa shape index (κ2) is 39.0. The number of hydrogen-bond acceptors (Lipinski definition) is 31. The molecule has 3 fully saturated rings. The van der Waals surface area contributed by atoms with Gasteiger partial charge in [-0.25, -0.2) is 28.8 Å². The summed E-state index contributed by atoms with van der Waals surface area (Å²) < 4.78 is 67.5. The summed E-state index contributed by atoms with van der Waals surface area (Å²) in [5.41, 5.74) is 12.9. The summed E-state index contributed by atoms with van der Waals surface area (Å²) in [5.74, 6) is -4.05. The minimum atomic E-state index is -2.64. The Kier molecular flexibility index (Phi) is 28.5. The summed E-state index contributed by atoms with van der Waals surface area (Å²) in [6.07, 6.45) is -39.7. The topological polar surface area (TPSA) is 580 Å². The summed E-state index contributed by atoms with van der Waals surface area (Å²) in [4.78, 5) is 113. The van der Waals surface area contributed by atoms with Crippen LogP contribution in [0.2, 0.25) is 0 Å². The third-order valence-electron chi connectivity index (χ3n) is 20.7. The molecule has 6 aromatic carbocycles. The number of nitrogens with two attached hydrogens (primary N) is 1. The monoisotopic (exact) mass is 1630 g/mol. The largest absolute Gasteiger partial charge is 0.448 e. The second-order valence-corrected chi connectivity index (χ2v) is 28.2. The van der Waals surface area contributed by atoms with Gasteiger partial charge < -0.3 is 140 Å². The van der Waals surface area contributed by atoms with Gasteiger partial charge in [0, 0.05) is 37.4 Å². The lowest BCUT2D eigenvalue weighted by atomic mass is 9.86. The van der Waals surface area contributed by atoms with Crippen molar-refractivity contribution in [1.29, 1.82) is 0 Å². The van der Waals surface area contributed by atoms with Crippen LogP contribution in [0.4, 0.5) is 28.8 Å². The van der Waals surface area contributed by atoms with Gasteiger partial charge in [0.1, 0.15) is 112 Å². The van der Waals surface area contributed by atoms with Crippen LogP contribution in [0.1, 0.15) is 51.1 Å². The van der Waals surface area contributed by atoms with Gasteiger partial charge in [-0.05, 0) is 66.8 Å². The first-order valence-electron chi connectivity index (χ1n) is 37.2. The quantitative estimate of drug-likeness (QED) is 0.0164. The van der Waals surface area contributed by atoms with E-state index in [2.05, 4.69) is 37.2 Å². The fourth-order valence-electron chi connectivity index (χ4n) is 14.6. The minimum absolute atomic E-state index is 0.281. The van der Waals surface area contributed by atoms with E-state index in [0.717, 1.165) is 66.8 Å². The molecule has 18 atom stereocenters. The molecular formula is C78H90N8O31. The smallest absolute Gasteiger partial charge is 0.410 e. The Morgan fingerprint density at radius 2 is 0.598 bits per heavy atom. The van der Waals surface area contributed by atoms with Crippen molar-refractivity contribution in [2.75, 3.05) is 85.6 Å². The predicted octanol–water partition coefficient (Wildman–Crippen LogP) is -1.56. The van der Waals surface area contributed by atoms with Gasteiger partial charge >= 0.3 is 36.6 Å². The number of rotatable bonds is 33. The summed E-state index contributed by atoms with van der Waals surface area (Å²) in [7, 11) is 0. The van der Waals surface area contributed by atoms with Gasteiger partial charge in [-0.1, -0.05) is 146 Å². The normalized spacial score (nSPS) is 24.8. The van der Waals surface area contributed by atoms with Crippen LogP contribution in [0.3, 0.4) is 0 Å². The highest BCUT2D eigenvalue weighted by atomic mass is 16.7. The number of amides is 8. The first kappa shape index (κ1) is 85.6. The van der Waals surface area contributed by atoms with Gasteiger partial charge in [0.25, 0.3) is 0 Å². The summed E-state index contributed by atoms with van der Waals surface area (Å²) in [6, 6.07) is 44.2. The molecule has 628 valence electrons. The first-order valence-corrected chi connectivity index (χ1v) is 37.2. The standard InChI is InChI=1S/C78H90N8O31/c79-56(90)25-80-71(99)78(35-81-72(100)115-57(32-106-68-65(96)62(93)55(28-89)114-68)84-75(103)109-29-50-44-19-7-1-13-38(44)39-14-2-8-20-45(39)50,36-82-73(101)116-58(33-107-69-66(97)63(94)60(91)53(26-87)112-69)85-76(104)110-30-51-46-21-9-3-15-40(46)41-16-4-10-22-47(41)51)37-83-74(102)117-59(34-108-70-67(98)64(95)61(92)54(27-88)113-70)86-77(105)111-31-52-48-23-11-5-17-42(48)43-18-6-12-24-49(43)52/h1-24,50-55,57-70,87-89,91-98H,25-37H2,(H2,79,90)(H,80,99)(H,81,100)(H,82,101)(H,83,102)(H,84,103)(H,85,104)(H,86,105)/t53-,54-,55-,57?,58?,59?,60-,61+,62-,63+,64+,65-,66-,67-,68-,69-,70-,78?/m1/s1. The lowest BCUT2D eigenvalue weighted by Crippen LogP contribution is -2.61. The number of ether oxygens (including phenoxy) is 12. The maximum absolute atomic E-state index is 15.1. The Bertz CT molecular complexity index is 4180. The summed E-state index contributed by atoms with van der Waals surface area (Å²) >= 11 is 0. The number of nitrogens with one attached hydrogen (secondary N) is 7. The number of alkyl carbamates (subject to hydrolysis) is 6. The van der Waals surface area contributed by atoms with Crippen molar-refractivity contribution in [2.24, 2.45) is 11.1 Å². The molecule has 0 radical (unpaired) electrons. The average Bonchev–Trinajstić information content (AvgIpc) is 1.65. The molecule has 3 aliphatic carbocycles. The van der Waals surface area contributed by atoms with Gasteiger partial charge in [-0.2, -0.15) is 0 Å². The Balaban J connectivity index is 0.811. The molecule has 0 bridgehead atoms. The maximum Gasteiger partial charge on any atom is 0.410 e. The Morgan fingerprint density at radius 3 is 0.855 bits per heavy atom. The Morgan fingerprint density at radius 1 is 0.350 bits per heavy atom. The molecule has 39 nitrogen and oxygen atoms in total. The van der Waals surface area contributed by atoms with Crippen molar-refractivity contribution in [1.82, 2.24) is 37.2 Å². The fraction of sp³-hybridized carbons (Fsp3) is 0.436. The number of hydrogen-bond donors (Lipinski definition) is 19. The summed E-state index contributed by atoms with van der Waals surface area (Å²) in [6.45, 7) is -10.9. The molecule has 3 aliphatic heterocycles. The highest BCUT2D eigenvalue weighted by Crippen LogP contribution is 2.47. The molecule has 3 heterocycles. The van der Waals surface area contributed by atoms with Crippen molar-refractivity contribution < 1.29 is 151 Å². The van der Waals surface area contributed by atoms with Crippen LogP contribution in [0.25, 0.3) is 33.4 Å². The van der Waals surface area contributed by atoms with E-state index in [4.69, 9.17) is 62.6 Å². The SMILES string of the molecule is NC(=O)CNC(=O)C(CNC(=O)OC(CO[C@@H]1O[C@H](CO)[C@@H](O)[C@H](O)[C@H]1O)NC(=O)OCC1c2ccccc2-c2ccccc21)(CNC(=O)OC(CO[C@@H]1O[C@H](CO)[C@H](O)[C@H](O)[C@H]1O)NC(=O)OCC1c2ccccc2-c2ccccc21)CNC(=O)OC(CO[C@@H]1O[C@H](CO)[C@@H](O)[C@H]1O)NC(=O)OCC1c2ccccc2-c2ccccc21. The van der Waals surface area contributed by atoms with Crippen molar-refractivity contribution in [3.05, 3.63) is 179 Å². The van der Waals surface area contributed by atoms with E-state index in [9.17, 15) is 89.7 Å². The van der Waals surface area contributed by atoms with Crippen molar-refractivity contribution >= 4 is 48.4 Å². The molecule has 6 aliphatic rings. The van der Waals surface area contributed by atoms with Crippen LogP contribution in [-0.4, -0.2) is 295 Å². The molecule has 117 heavy (non-hydrogen) atoms. The van der Waals surface area contributed by atoms with E-state index in [1.807, 2.05) is 109 Å². The number of fused-ring (bicyclic) bond motifs is 9. The third-order valence-corrected chi connectivity index (χ3v) is 20.7. The average molecular weight is 1640 g/mol. The van der Waals surface area contributed by atoms with Crippen LogP contribution >= 0.6 is 0 Å². The molecular weight excluding hydrogens is 1540 g/mol. The van der Waals surface area contributed by atoms with Crippen molar-refractivity contribution in [3.8, 4) is 33.4 Å². The van der Waals surface area contributed by atoms with Gasteiger partial charge in [-0.3, -0.25) is 25.5 Å². The third kappa shape index (κ3) is 20.1. The van der Waals surface area contributed by atoms with E-state index >= 15 is 4.79 Å². The molecule has 0 saturated carbocycles. The second-order valence-electron chi connectivity index (χ2n) is 28.2. The minimum Gasteiger partial charge on any atom is -0.448 e. The number of benzene rings is 6. The van der Waals surface area contributed by atoms with Crippen molar-refractivity contribution in [2.45, 2.75) is 122 Å². The van der Waals surface area contributed by atoms with Crippen LogP contribution in [0, 0.1) is 5.41 Å². The van der Waals surface area contributed by atoms with Gasteiger partial charge in [0.05, 0.1) is 26.4 Å². The van der Waals surface area contributed by atoms with E-state index in [0.29, 0.717) is 0 Å². The van der Waals surface area contributed by atoms with Gasteiger partial charge in [-0.15, -0.1) is 0 Å². The molecule has 12 rings (SSSR count). The zero-order valence-electron chi connectivity index (χ0n) is 62.3. The highest BCUT2D eigenvalue weighted by molar-refractivity contribution is 5.89. The lowest BCUT2D eigenvalue weighted by Gasteiger charge is -2.39. The Labute approximate surface area is 666 Å². The van der Waals surface area contributed by atoms with Gasteiger partial charge in [0.15, 0.2) is 18.9 Å². The molecule has 0 spiro atoms. The van der Waals surface area contributed by atoms with E-state index in [1.165, 1.54) is 0 Å². The van der Waals surface area contributed by atoms with Crippen LogP contribution in [-0.2, 0) is 66.4 Å². The maximum atomic E-state index is 15.1. The number of carbonyl (C=O) groups is 8. The van der Waals surface area contributed by atoms with Crippen molar-refractivity contribution in [3.63, 3.8) is 0 Å². The van der Waals surface area contributed by atoms with E-state index in [1.54, 1.807) is 36.4 Å². The van der Waals surface area contributed by atoms with E-state index < -0.39 is 242 Å². The van der Waals surface area contributed by atoms with Gasteiger partial charge in [0.2, 0.25) is 30.5 Å². The fourth-order valence-corrected chi connectivity index (χ4v) is 14.6. The molecule has 39 heteroatoms. The molecule has 3 saturated heterocycles. The lowest BCUT2D eigenvalue weighted by molar-refractivity contribution is -0.304. The first-order chi connectivity index (χ1) is 56.4. The number of carbonyl (C=O) groups excluding carboxylic acids is 8. The number of aliphatic hydroxyl groups is 11. The Hall–Kier alpha value is -10.8. The van der Waals surface area contributed by atoms with E-state index in [-0.39, 0.29) is 19.8 Å². The molecule has 20 N–H and O–H groups in total. The van der Waals surface area contributed by atoms with Crippen LogP contribution in [0.15, 0.2) is 146 Å². The molecule has 8 amide bonds. The number of aliphatic hydroxyl groups excluding tert-OH is 11. The highest BCUT2D eigenvalue weighted by Gasteiger charge is 2.49. The predicted molar refractivity (Wildman–Crippen MR) is 397 cm³/mol. The molecule has 4 unspecified atom stereocenters. The van der Waals surface area contributed by atoms with Crippen LogP contribution in [0.5, 0.6) is 0 Å². The molecule has 0 aromatic heterocycles. The zero-order valence-corrected chi connectivity index (χ0v) is 62.3. The molecule has 6 aromatic rings. The van der Waals surface area contributed by atoms with Crippen LogP contribution < -0.4 is 43.0 Å². The number of primary amides is 1. The summed E-state index contributed by atoms with van der Waals surface area (Å²) in [5, 5.41) is 131. The zero-order chi connectivity index (χ0) is 83.2.